The van der Waals surface area contributed by atoms with Crippen LogP contribution in [0.1, 0.15) is 31.1 Å². The molecule has 1 rings (SSSR count). The largest absolute Gasteiger partial charge is 0.478 e. The standard InChI is InChI=1S/C11H16N2O2/c1-11(2,3)7-13-9-5-4-8(6-12-9)10(14)15/h4-6H,7H2,1-3H3,(H,12,13)(H,14,15). The summed E-state index contributed by atoms with van der Waals surface area (Å²) < 4.78 is 0. The second-order valence-electron chi connectivity index (χ2n) is 4.65. The fraction of sp³-hybridized carbons (Fsp3) is 0.455. The van der Waals surface area contributed by atoms with Crippen molar-refractivity contribution in [2.45, 2.75) is 20.8 Å². The molecule has 0 radical (unpaired) electrons. The van der Waals surface area contributed by atoms with Crippen molar-refractivity contribution in [1.29, 1.82) is 0 Å². The number of carboxylic acids is 1. The van der Waals surface area contributed by atoms with Crippen molar-refractivity contribution < 1.29 is 9.90 Å². The van der Waals surface area contributed by atoms with E-state index >= 15 is 0 Å². The molecule has 0 aliphatic carbocycles. The molecule has 15 heavy (non-hydrogen) atoms. The number of aromatic nitrogens is 1. The van der Waals surface area contributed by atoms with Gasteiger partial charge in [0.25, 0.3) is 0 Å². The van der Waals surface area contributed by atoms with E-state index in [-0.39, 0.29) is 11.0 Å². The number of aromatic carboxylic acids is 1. The van der Waals surface area contributed by atoms with Crippen molar-refractivity contribution in [1.82, 2.24) is 4.98 Å². The Morgan fingerprint density at radius 1 is 1.47 bits per heavy atom. The van der Waals surface area contributed by atoms with Crippen LogP contribution in [0.25, 0.3) is 0 Å². The van der Waals surface area contributed by atoms with E-state index < -0.39 is 5.97 Å². The minimum Gasteiger partial charge on any atom is -0.478 e. The Kier molecular flexibility index (Phi) is 3.29. The lowest BCUT2D eigenvalue weighted by Crippen LogP contribution is -2.19. The van der Waals surface area contributed by atoms with Crippen molar-refractivity contribution in [2.24, 2.45) is 5.41 Å². The molecule has 0 fully saturated rings. The van der Waals surface area contributed by atoms with Crippen LogP contribution in [-0.2, 0) is 0 Å². The molecule has 0 saturated heterocycles. The van der Waals surface area contributed by atoms with Crippen LogP contribution in [-0.4, -0.2) is 22.6 Å². The zero-order valence-corrected chi connectivity index (χ0v) is 9.24. The molecule has 0 aromatic carbocycles. The van der Waals surface area contributed by atoms with Crippen LogP contribution in [0.3, 0.4) is 0 Å². The van der Waals surface area contributed by atoms with Crippen LogP contribution < -0.4 is 5.32 Å². The Bertz CT molecular complexity index is 339. The van der Waals surface area contributed by atoms with Crippen molar-refractivity contribution in [3.8, 4) is 0 Å². The third-order valence-electron chi connectivity index (χ3n) is 1.81. The molecule has 0 amide bonds. The SMILES string of the molecule is CC(C)(C)CNc1ccc(C(=O)O)cn1. The first-order valence-corrected chi connectivity index (χ1v) is 4.82. The van der Waals surface area contributed by atoms with Gasteiger partial charge in [-0.05, 0) is 17.5 Å². The van der Waals surface area contributed by atoms with E-state index in [4.69, 9.17) is 5.11 Å². The quantitative estimate of drug-likeness (QED) is 0.799. The van der Waals surface area contributed by atoms with E-state index in [0.29, 0.717) is 5.82 Å². The molecule has 2 N–H and O–H groups in total. The highest BCUT2D eigenvalue weighted by Gasteiger charge is 2.10. The smallest absolute Gasteiger partial charge is 0.337 e. The summed E-state index contributed by atoms with van der Waals surface area (Å²) in [5.41, 5.74) is 0.379. The summed E-state index contributed by atoms with van der Waals surface area (Å²) in [5.74, 6) is -0.250. The van der Waals surface area contributed by atoms with Crippen LogP contribution in [0.15, 0.2) is 18.3 Å². The maximum absolute atomic E-state index is 10.6. The van der Waals surface area contributed by atoms with Crippen LogP contribution in [0.2, 0.25) is 0 Å². The molecule has 1 heterocycles. The summed E-state index contributed by atoms with van der Waals surface area (Å²) in [6.07, 6.45) is 1.35. The molecule has 0 aliphatic rings. The van der Waals surface area contributed by atoms with E-state index in [1.807, 2.05) is 0 Å². The van der Waals surface area contributed by atoms with E-state index in [9.17, 15) is 4.79 Å². The number of rotatable bonds is 3. The van der Waals surface area contributed by atoms with Gasteiger partial charge in [-0.2, -0.15) is 0 Å². The van der Waals surface area contributed by atoms with Gasteiger partial charge in [0.05, 0.1) is 5.56 Å². The third-order valence-corrected chi connectivity index (χ3v) is 1.81. The molecule has 0 unspecified atom stereocenters. The zero-order valence-electron chi connectivity index (χ0n) is 9.24. The molecular formula is C11H16N2O2. The predicted octanol–water partition coefficient (Wildman–Crippen LogP) is 2.24. The number of hydrogen-bond acceptors (Lipinski definition) is 3. The van der Waals surface area contributed by atoms with E-state index in [0.717, 1.165) is 6.54 Å². The van der Waals surface area contributed by atoms with Crippen LogP contribution >= 0.6 is 0 Å². The Morgan fingerprint density at radius 3 is 2.53 bits per heavy atom. The molecular weight excluding hydrogens is 192 g/mol. The van der Waals surface area contributed by atoms with Gasteiger partial charge in [-0.25, -0.2) is 9.78 Å². The van der Waals surface area contributed by atoms with Crippen LogP contribution in [0, 0.1) is 5.41 Å². The number of pyridine rings is 1. The van der Waals surface area contributed by atoms with Gasteiger partial charge in [-0.3, -0.25) is 0 Å². The summed E-state index contributed by atoms with van der Waals surface area (Å²) in [6.45, 7) is 7.15. The Balaban J connectivity index is 2.61. The van der Waals surface area contributed by atoms with E-state index in [2.05, 4.69) is 31.1 Å². The monoisotopic (exact) mass is 208 g/mol. The molecule has 0 spiro atoms. The topological polar surface area (TPSA) is 62.2 Å². The minimum atomic E-state index is -0.954. The second-order valence-corrected chi connectivity index (χ2v) is 4.65. The Labute approximate surface area is 89.3 Å². The Morgan fingerprint density at radius 2 is 2.13 bits per heavy atom. The molecule has 0 atom stereocenters. The minimum absolute atomic E-state index is 0.174. The maximum atomic E-state index is 10.6. The molecule has 4 heteroatoms. The first-order valence-electron chi connectivity index (χ1n) is 4.82. The highest BCUT2D eigenvalue weighted by atomic mass is 16.4. The molecule has 0 saturated carbocycles. The molecule has 1 aromatic heterocycles. The lowest BCUT2D eigenvalue weighted by Gasteiger charge is -2.18. The van der Waals surface area contributed by atoms with Crippen molar-refractivity contribution in [3.63, 3.8) is 0 Å². The first-order chi connectivity index (χ1) is 6.88. The summed E-state index contributed by atoms with van der Waals surface area (Å²) in [7, 11) is 0. The highest BCUT2D eigenvalue weighted by Crippen LogP contribution is 2.14. The average Bonchev–Trinajstić information content (AvgIpc) is 2.14. The van der Waals surface area contributed by atoms with Gasteiger partial charge in [0.15, 0.2) is 0 Å². The summed E-state index contributed by atoms with van der Waals surface area (Å²) >= 11 is 0. The zero-order chi connectivity index (χ0) is 11.5. The summed E-state index contributed by atoms with van der Waals surface area (Å²) in [6, 6.07) is 3.22. The number of carbonyl (C=O) groups is 1. The predicted molar refractivity (Wildman–Crippen MR) is 59.1 cm³/mol. The maximum Gasteiger partial charge on any atom is 0.337 e. The van der Waals surface area contributed by atoms with Crippen LogP contribution in [0.5, 0.6) is 0 Å². The van der Waals surface area contributed by atoms with Crippen molar-refractivity contribution >= 4 is 11.8 Å². The van der Waals surface area contributed by atoms with E-state index in [1.54, 1.807) is 12.1 Å². The molecule has 0 aliphatic heterocycles. The number of anilines is 1. The number of hydrogen-bond donors (Lipinski definition) is 2. The first kappa shape index (κ1) is 11.5. The average molecular weight is 208 g/mol. The lowest BCUT2D eigenvalue weighted by molar-refractivity contribution is 0.0696. The fourth-order valence-electron chi connectivity index (χ4n) is 0.981. The van der Waals surface area contributed by atoms with Gasteiger partial charge in [0, 0.05) is 12.7 Å². The number of nitrogens with zero attached hydrogens (tertiary/aromatic N) is 1. The van der Waals surface area contributed by atoms with Crippen LogP contribution in [0.4, 0.5) is 5.82 Å². The van der Waals surface area contributed by atoms with Gasteiger partial charge < -0.3 is 10.4 Å². The second kappa shape index (κ2) is 4.29. The molecule has 82 valence electrons. The molecule has 1 aromatic rings. The summed E-state index contributed by atoms with van der Waals surface area (Å²) in [4.78, 5) is 14.6. The molecule has 0 bridgehead atoms. The van der Waals surface area contributed by atoms with Gasteiger partial charge in [-0.1, -0.05) is 20.8 Å². The number of nitrogens with one attached hydrogen (secondary N) is 1. The van der Waals surface area contributed by atoms with Gasteiger partial charge in [-0.15, -0.1) is 0 Å². The van der Waals surface area contributed by atoms with Gasteiger partial charge >= 0.3 is 5.97 Å². The fourth-order valence-corrected chi connectivity index (χ4v) is 0.981. The van der Waals surface area contributed by atoms with Gasteiger partial charge in [0.1, 0.15) is 5.82 Å². The van der Waals surface area contributed by atoms with Crippen molar-refractivity contribution in [2.75, 3.05) is 11.9 Å². The van der Waals surface area contributed by atoms with E-state index in [1.165, 1.54) is 6.20 Å². The number of carboxylic acid groups (broad SMARTS) is 1. The Hall–Kier alpha value is -1.58. The summed E-state index contributed by atoms with van der Waals surface area (Å²) in [5, 5.41) is 11.8. The lowest BCUT2D eigenvalue weighted by atomic mass is 9.97. The normalized spacial score (nSPS) is 11.1. The highest BCUT2D eigenvalue weighted by molar-refractivity contribution is 5.87. The molecule has 4 nitrogen and oxygen atoms in total. The van der Waals surface area contributed by atoms with Gasteiger partial charge in [0.2, 0.25) is 0 Å². The third kappa shape index (κ3) is 3.97. The van der Waals surface area contributed by atoms with Crippen molar-refractivity contribution in [3.05, 3.63) is 23.9 Å².